The van der Waals surface area contributed by atoms with Crippen molar-refractivity contribution in [2.24, 2.45) is 5.92 Å². The van der Waals surface area contributed by atoms with Crippen LogP contribution in [0.2, 0.25) is 0 Å². The molecule has 6 nitrogen and oxygen atoms in total. The van der Waals surface area contributed by atoms with Crippen molar-refractivity contribution in [3.8, 4) is 0 Å². The molecule has 0 bridgehead atoms. The molecule has 0 aliphatic carbocycles. The lowest BCUT2D eigenvalue weighted by Gasteiger charge is -2.19. The monoisotopic (exact) mass is 370 g/mol. The molecule has 6 heteroatoms. The molecule has 2 heterocycles. The van der Waals surface area contributed by atoms with Crippen LogP contribution >= 0.6 is 0 Å². The molecule has 146 valence electrons. The molecule has 1 unspecified atom stereocenters. The number of nitrogens with zero attached hydrogens (tertiary/aromatic N) is 3. The van der Waals surface area contributed by atoms with Crippen molar-refractivity contribution in [3.05, 3.63) is 30.0 Å². The Bertz CT molecular complexity index is 840. The third kappa shape index (κ3) is 4.33. The van der Waals surface area contributed by atoms with Gasteiger partial charge in [-0.1, -0.05) is 6.92 Å². The molecule has 1 aliphatic heterocycles. The zero-order valence-corrected chi connectivity index (χ0v) is 16.8. The Morgan fingerprint density at radius 2 is 2.04 bits per heavy atom. The van der Waals surface area contributed by atoms with Crippen LogP contribution in [0, 0.1) is 12.8 Å². The summed E-state index contributed by atoms with van der Waals surface area (Å²) < 4.78 is 2.30. The third-order valence-electron chi connectivity index (χ3n) is 5.23. The highest BCUT2D eigenvalue weighted by Crippen LogP contribution is 2.25. The van der Waals surface area contributed by atoms with E-state index in [-0.39, 0.29) is 17.7 Å². The average molecular weight is 370 g/mol. The molecule has 0 radical (unpaired) electrons. The molecule has 0 spiro atoms. The minimum Gasteiger partial charge on any atom is -0.345 e. The van der Waals surface area contributed by atoms with Gasteiger partial charge in [-0.3, -0.25) is 9.59 Å². The van der Waals surface area contributed by atoms with Crippen molar-refractivity contribution in [1.29, 1.82) is 0 Å². The number of aromatic nitrogens is 1. The van der Waals surface area contributed by atoms with Crippen molar-refractivity contribution >= 4 is 28.4 Å². The summed E-state index contributed by atoms with van der Waals surface area (Å²) in [5.74, 6) is -0.277. The van der Waals surface area contributed by atoms with E-state index in [0.29, 0.717) is 19.5 Å². The number of anilines is 1. The second kappa shape index (κ2) is 8.13. The highest BCUT2D eigenvalue weighted by molar-refractivity contribution is 5.98. The zero-order chi connectivity index (χ0) is 19.6. The predicted molar refractivity (Wildman–Crippen MR) is 109 cm³/mol. The molecule has 1 aliphatic rings. The van der Waals surface area contributed by atoms with Gasteiger partial charge in [-0.15, -0.1) is 0 Å². The Morgan fingerprint density at radius 1 is 1.26 bits per heavy atom. The molecule has 0 saturated carbocycles. The number of likely N-dealkylation sites (tertiary alicyclic amines) is 1. The van der Waals surface area contributed by atoms with Crippen LogP contribution in [-0.4, -0.2) is 59.9 Å². The molecule has 1 N–H and O–H groups in total. The minimum atomic E-state index is -0.276. The summed E-state index contributed by atoms with van der Waals surface area (Å²) in [4.78, 5) is 28.6. The van der Waals surface area contributed by atoms with Gasteiger partial charge in [-0.05, 0) is 51.7 Å². The largest absolute Gasteiger partial charge is 0.345 e. The Hall–Kier alpha value is -2.34. The van der Waals surface area contributed by atoms with Crippen molar-refractivity contribution in [2.75, 3.05) is 39.0 Å². The van der Waals surface area contributed by atoms with Crippen molar-refractivity contribution in [3.63, 3.8) is 0 Å². The van der Waals surface area contributed by atoms with Crippen LogP contribution in [-0.2, 0) is 16.1 Å². The fourth-order valence-corrected chi connectivity index (χ4v) is 3.74. The maximum atomic E-state index is 12.6. The summed E-state index contributed by atoms with van der Waals surface area (Å²) in [5.41, 5.74) is 3.21. The quantitative estimate of drug-likeness (QED) is 0.815. The summed E-state index contributed by atoms with van der Waals surface area (Å²) in [6.07, 6.45) is 1.39. The van der Waals surface area contributed by atoms with E-state index in [9.17, 15) is 9.59 Å². The van der Waals surface area contributed by atoms with Gasteiger partial charge in [0.1, 0.15) is 0 Å². The van der Waals surface area contributed by atoms with Crippen LogP contribution in [0.3, 0.4) is 0 Å². The molecule has 1 atom stereocenters. The summed E-state index contributed by atoms with van der Waals surface area (Å²) in [6, 6.07) is 8.19. The standard InChI is InChI=1S/C21H30N4O2/c1-5-8-25-15(2)11-16-12-18(6-7-19(16)25)22-21(27)17-13-20(26)24(14-17)10-9-23(3)4/h6-7,11-12,17H,5,8-10,13-14H2,1-4H3,(H,22,27). The SMILES string of the molecule is CCCn1c(C)cc2cc(NC(=O)C3CC(=O)N(CCN(C)C)C3)ccc21. The first-order valence-electron chi connectivity index (χ1n) is 9.72. The summed E-state index contributed by atoms with van der Waals surface area (Å²) in [6.45, 7) is 7.27. The Balaban J connectivity index is 1.66. The van der Waals surface area contributed by atoms with Crippen LogP contribution < -0.4 is 5.32 Å². The lowest BCUT2D eigenvalue weighted by atomic mass is 10.1. The number of fused-ring (bicyclic) bond motifs is 1. The van der Waals surface area contributed by atoms with E-state index in [1.807, 2.05) is 31.1 Å². The Morgan fingerprint density at radius 3 is 2.74 bits per heavy atom. The van der Waals surface area contributed by atoms with E-state index in [1.165, 1.54) is 11.2 Å². The Labute approximate surface area is 161 Å². The van der Waals surface area contributed by atoms with E-state index >= 15 is 0 Å². The van der Waals surface area contributed by atoms with Crippen LogP contribution in [0.1, 0.15) is 25.5 Å². The van der Waals surface area contributed by atoms with Gasteiger partial charge >= 0.3 is 0 Å². The summed E-state index contributed by atoms with van der Waals surface area (Å²) >= 11 is 0. The fourth-order valence-electron chi connectivity index (χ4n) is 3.74. The second-order valence-electron chi connectivity index (χ2n) is 7.74. The van der Waals surface area contributed by atoms with E-state index in [0.717, 1.165) is 30.6 Å². The first-order valence-corrected chi connectivity index (χ1v) is 9.72. The normalized spacial score (nSPS) is 17.3. The van der Waals surface area contributed by atoms with Gasteiger partial charge in [0.15, 0.2) is 0 Å². The van der Waals surface area contributed by atoms with Crippen LogP contribution in [0.4, 0.5) is 5.69 Å². The topological polar surface area (TPSA) is 57.6 Å². The number of carbonyl (C=O) groups excluding carboxylic acids is 2. The van der Waals surface area contributed by atoms with E-state index < -0.39 is 0 Å². The lowest BCUT2D eigenvalue weighted by Crippen LogP contribution is -2.33. The average Bonchev–Trinajstić information content (AvgIpc) is 3.13. The molecule has 2 aromatic rings. The highest BCUT2D eigenvalue weighted by Gasteiger charge is 2.34. The maximum Gasteiger partial charge on any atom is 0.229 e. The number of nitrogens with one attached hydrogen (secondary N) is 1. The van der Waals surface area contributed by atoms with Gasteiger partial charge in [-0.2, -0.15) is 0 Å². The lowest BCUT2D eigenvalue weighted by molar-refractivity contribution is -0.128. The number of aryl methyl sites for hydroxylation is 2. The molecule has 27 heavy (non-hydrogen) atoms. The number of carbonyl (C=O) groups is 2. The van der Waals surface area contributed by atoms with Gasteiger partial charge < -0.3 is 19.7 Å². The van der Waals surface area contributed by atoms with Gasteiger partial charge in [-0.25, -0.2) is 0 Å². The molecule has 1 fully saturated rings. The number of hydrogen-bond donors (Lipinski definition) is 1. The second-order valence-corrected chi connectivity index (χ2v) is 7.74. The van der Waals surface area contributed by atoms with Gasteiger partial charge in [0.25, 0.3) is 0 Å². The van der Waals surface area contributed by atoms with Crippen molar-refractivity contribution in [1.82, 2.24) is 14.4 Å². The zero-order valence-electron chi connectivity index (χ0n) is 16.8. The smallest absolute Gasteiger partial charge is 0.229 e. The minimum absolute atomic E-state index is 0.0692. The van der Waals surface area contributed by atoms with E-state index in [1.54, 1.807) is 4.90 Å². The molecular weight excluding hydrogens is 340 g/mol. The number of benzene rings is 1. The van der Waals surface area contributed by atoms with Gasteiger partial charge in [0.2, 0.25) is 11.8 Å². The fraction of sp³-hybridized carbons (Fsp3) is 0.524. The molecule has 3 rings (SSSR count). The molecular formula is C21H30N4O2. The van der Waals surface area contributed by atoms with Crippen LogP contribution in [0.5, 0.6) is 0 Å². The Kier molecular flexibility index (Phi) is 5.85. The van der Waals surface area contributed by atoms with E-state index in [2.05, 4.69) is 35.9 Å². The predicted octanol–water partition coefficient (Wildman–Crippen LogP) is 2.71. The first-order chi connectivity index (χ1) is 12.9. The number of likely N-dealkylation sites (N-methyl/N-ethyl adjacent to an activating group) is 1. The number of hydrogen-bond acceptors (Lipinski definition) is 3. The third-order valence-corrected chi connectivity index (χ3v) is 5.23. The van der Waals surface area contributed by atoms with Crippen LogP contribution in [0.15, 0.2) is 24.3 Å². The van der Waals surface area contributed by atoms with E-state index in [4.69, 9.17) is 0 Å². The van der Waals surface area contributed by atoms with Gasteiger partial charge in [0, 0.05) is 54.9 Å². The highest BCUT2D eigenvalue weighted by atomic mass is 16.2. The number of rotatable bonds is 7. The molecule has 1 aromatic carbocycles. The van der Waals surface area contributed by atoms with Crippen molar-refractivity contribution in [2.45, 2.75) is 33.2 Å². The summed E-state index contributed by atoms with van der Waals surface area (Å²) in [7, 11) is 3.97. The maximum absolute atomic E-state index is 12.6. The first kappa shape index (κ1) is 19.4. The molecule has 1 aromatic heterocycles. The number of amides is 2. The van der Waals surface area contributed by atoms with Crippen LogP contribution in [0.25, 0.3) is 10.9 Å². The van der Waals surface area contributed by atoms with Crippen molar-refractivity contribution < 1.29 is 9.59 Å². The summed E-state index contributed by atoms with van der Waals surface area (Å²) in [5, 5.41) is 4.14. The molecule has 1 saturated heterocycles. The van der Waals surface area contributed by atoms with Gasteiger partial charge in [0.05, 0.1) is 5.92 Å². The molecule has 2 amide bonds.